The Morgan fingerprint density at radius 1 is 1.24 bits per heavy atom. The Morgan fingerprint density at radius 3 is 2.86 bits per heavy atom. The summed E-state index contributed by atoms with van der Waals surface area (Å²) in [4.78, 5) is 16.2. The van der Waals surface area contributed by atoms with Crippen LogP contribution in [0.2, 0.25) is 0 Å². The molecule has 1 N–H and O–H groups in total. The smallest absolute Gasteiger partial charge is 0.186 e. The number of imidazole rings is 1. The number of thiazole rings is 1. The minimum atomic E-state index is 0.523. The maximum atomic E-state index is 9.53. The highest BCUT2D eigenvalue weighted by atomic mass is 32.1. The third kappa shape index (κ3) is 3.22. The summed E-state index contributed by atoms with van der Waals surface area (Å²) in [5.74, 6) is 0. The highest BCUT2D eigenvalue weighted by Gasteiger charge is 2.21. The molecule has 0 amide bonds. The summed E-state index contributed by atoms with van der Waals surface area (Å²) in [5, 5.41) is 14.0. The molecule has 0 bridgehead atoms. The van der Waals surface area contributed by atoms with E-state index in [1.165, 1.54) is 0 Å². The summed E-state index contributed by atoms with van der Waals surface area (Å²) in [7, 11) is 2.14. The Labute approximate surface area is 172 Å². The van der Waals surface area contributed by atoms with Crippen molar-refractivity contribution < 1.29 is 0 Å². The fourth-order valence-electron chi connectivity index (χ4n) is 3.92. The summed E-state index contributed by atoms with van der Waals surface area (Å²) >= 11 is 1.70. The van der Waals surface area contributed by atoms with E-state index < -0.39 is 0 Å². The zero-order chi connectivity index (χ0) is 20.0. The van der Waals surface area contributed by atoms with Crippen LogP contribution >= 0.6 is 11.3 Å². The van der Waals surface area contributed by atoms with Gasteiger partial charge >= 0.3 is 0 Å². The van der Waals surface area contributed by atoms with E-state index in [9.17, 15) is 5.26 Å². The third-order valence-corrected chi connectivity index (χ3v) is 6.62. The van der Waals surface area contributed by atoms with Crippen molar-refractivity contribution in [2.75, 3.05) is 25.0 Å². The normalized spacial score (nSPS) is 15.1. The van der Waals surface area contributed by atoms with E-state index in [0.29, 0.717) is 17.3 Å². The first-order valence-electron chi connectivity index (χ1n) is 9.72. The maximum absolute atomic E-state index is 9.53. The Balaban J connectivity index is 1.53. The monoisotopic (exact) mass is 403 g/mol. The average molecular weight is 404 g/mol. The topological polar surface area (TPSA) is 82.1 Å². The van der Waals surface area contributed by atoms with Gasteiger partial charge in [-0.05, 0) is 45.0 Å². The van der Waals surface area contributed by atoms with Gasteiger partial charge in [0, 0.05) is 31.0 Å². The average Bonchev–Trinajstić information content (AvgIpc) is 3.34. The van der Waals surface area contributed by atoms with E-state index in [1.807, 2.05) is 36.0 Å². The molecule has 1 fully saturated rings. The molecule has 7 nitrogen and oxygen atoms in total. The number of nitrogens with zero attached hydrogens (tertiary/aromatic N) is 6. The van der Waals surface area contributed by atoms with Crippen LogP contribution in [0.15, 0.2) is 30.7 Å². The third-order valence-electron chi connectivity index (χ3n) is 5.51. The second kappa shape index (κ2) is 7.10. The Bertz CT molecular complexity index is 1240. The number of nitriles is 1. The van der Waals surface area contributed by atoms with Gasteiger partial charge in [0.15, 0.2) is 10.8 Å². The van der Waals surface area contributed by atoms with E-state index in [2.05, 4.69) is 39.4 Å². The van der Waals surface area contributed by atoms with Gasteiger partial charge in [0.2, 0.25) is 0 Å². The van der Waals surface area contributed by atoms with E-state index in [-0.39, 0.29) is 0 Å². The van der Waals surface area contributed by atoms with Crippen LogP contribution < -0.4 is 10.2 Å². The standard InChI is InChI=1S/C21H21N7S/c1-13-11-28-12-15(7-14(9-22)20(28)25-13)17-8-19-18(10-24-17)26-21(29-19)27(2)16-3-5-23-6-4-16/h7-8,10-12,16,23H,3-6H2,1-2H3. The summed E-state index contributed by atoms with van der Waals surface area (Å²) in [6.07, 6.45) is 8.01. The highest BCUT2D eigenvalue weighted by Crippen LogP contribution is 2.32. The predicted octanol–water partition coefficient (Wildman–Crippen LogP) is 3.37. The summed E-state index contributed by atoms with van der Waals surface area (Å²) < 4.78 is 3.00. The molecule has 4 aromatic rings. The fourth-order valence-corrected chi connectivity index (χ4v) is 4.93. The van der Waals surface area contributed by atoms with Crippen LogP contribution in [-0.2, 0) is 0 Å². The van der Waals surface area contributed by atoms with Gasteiger partial charge in [0.1, 0.15) is 11.6 Å². The first-order chi connectivity index (χ1) is 14.1. The van der Waals surface area contributed by atoms with E-state index >= 15 is 0 Å². The van der Waals surface area contributed by atoms with Gasteiger partial charge in [0.25, 0.3) is 0 Å². The first kappa shape index (κ1) is 18.0. The molecule has 0 saturated carbocycles. The molecule has 1 aliphatic heterocycles. The fraction of sp³-hybridized carbons (Fsp3) is 0.333. The van der Waals surface area contributed by atoms with E-state index in [1.54, 1.807) is 11.3 Å². The van der Waals surface area contributed by atoms with Gasteiger partial charge in [-0.3, -0.25) is 4.98 Å². The lowest BCUT2D eigenvalue weighted by Gasteiger charge is -2.31. The quantitative estimate of drug-likeness (QED) is 0.565. The number of aromatic nitrogens is 4. The van der Waals surface area contributed by atoms with E-state index in [0.717, 1.165) is 58.2 Å². The zero-order valence-electron chi connectivity index (χ0n) is 16.4. The Morgan fingerprint density at radius 2 is 2.07 bits per heavy atom. The summed E-state index contributed by atoms with van der Waals surface area (Å²) in [6, 6.07) is 6.70. The molecule has 0 spiro atoms. The summed E-state index contributed by atoms with van der Waals surface area (Å²) in [6.45, 7) is 4.04. The van der Waals surface area contributed by atoms with Gasteiger partial charge in [-0.15, -0.1) is 0 Å². The molecule has 146 valence electrons. The van der Waals surface area contributed by atoms with Crippen molar-refractivity contribution in [1.82, 2.24) is 24.7 Å². The lowest BCUT2D eigenvalue weighted by atomic mass is 10.1. The molecule has 0 atom stereocenters. The molecule has 0 radical (unpaired) electrons. The van der Waals surface area contributed by atoms with Gasteiger partial charge < -0.3 is 14.6 Å². The molecule has 5 rings (SSSR count). The maximum Gasteiger partial charge on any atom is 0.186 e. The molecule has 1 saturated heterocycles. The van der Waals surface area contributed by atoms with Gasteiger partial charge in [-0.2, -0.15) is 5.26 Å². The van der Waals surface area contributed by atoms with Crippen LogP contribution in [0, 0.1) is 18.3 Å². The molecule has 5 heterocycles. The lowest BCUT2D eigenvalue weighted by Crippen LogP contribution is -2.41. The number of nitrogens with one attached hydrogen (secondary N) is 1. The van der Waals surface area contributed by atoms with Crippen LogP contribution in [0.4, 0.5) is 5.13 Å². The first-order valence-corrected chi connectivity index (χ1v) is 10.5. The number of hydrogen-bond acceptors (Lipinski definition) is 7. The van der Waals surface area contributed by atoms with Crippen LogP contribution in [0.1, 0.15) is 24.1 Å². The van der Waals surface area contributed by atoms with Crippen molar-refractivity contribution in [3.05, 3.63) is 42.0 Å². The van der Waals surface area contributed by atoms with Gasteiger partial charge in [0.05, 0.1) is 27.8 Å². The van der Waals surface area contributed by atoms with Crippen molar-refractivity contribution in [3.8, 4) is 17.3 Å². The number of piperidine rings is 1. The predicted molar refractivity (Wildman–Crippen MR) is 115 cm³/mol. The number of anilines is 1. The second-order valence-corrected chi connectivity index (χ2v) is 8.50. The number of rotatable bonds is 3. The van der Waals surface area contributed by atoms with Crippen LogP contribution in [0.3, 0.4) is 0 Å². The SMILES string of the molecule is Cc1cn2cc(-c3cc4sc(N(C)C5CCNCC5)nc4cn3)cc(C#N)c2n1. The Hall–Kier alpha value is -3.02. The molecule has 0 unspecified atom stereocenters. The van der Waals surface area contributed by atoms with Crippen molar-refractivity contribution in [1.29, 1.82) is 5.26 Å². The Kier molecular flexibility index (Phi) is 4.42. The molecule has 0 aromatic carbocycles. The van der Waals surface area contributed by atoms with E-state index in [4.69, 9.17) is 4.98 Å². The highest BCUT2D eigenvalue weighted by molar-refractivity contribution is 7.22. The van der Waals surface area contributed by atoms with Gasteiger partial charge in [-0.25, -0.2) is 9.97 Å². The van der Waals surface area contributed by atoms with Crippen LogP contribution in [-0.4, -0.2) is 45.5 Å². The van der Waals surface area contributed by atoms with Crippen molar-refractivity contribution in [3.63, 3.8) is 0 Å². The van der Waals surface area contributed by atoms with Crippen LogP contribution in [0.5, 0.6) is 0 Å². The number of fused-ring (bicyclic) bond motifs is 2. The molecule has 29 heavy (non-hydrogen) atoms. The van der Waals surface area contributed by atoms with Crippen molar-refractivity contribution >= 4 is 32.3 Å². The second-order valence-electron chi connectivity index (χ2n) is 7.49. The molecule has 1 aliphatic rings. The number of aryl methyl sites for hydroxylation is 1. The zero-order valence-corrected chi connectivity index (χ0v) is 17.2. The number of hydrogen-bond donors (Lipinski definition) is 1. The lowest BCUT2D eigenvalue weighted by molar-refractivity contribution is 0.443. The molecular formula is C21H21N7S. The minimum Gasteiger partial charge on any atom is -0.348 e. The van der Waals surface area contributed by atoms with Crippen molar-refractivity contribution in [2.45, 2.75) is 25.8 Å². The summed E-state index contributed by atoms with van der Waals surface area (Å²) in [5.41, 5.74) is 4.76. The van der Waals surface area contributed by atoms with Gasteiger partial charge in [-0.1, -0.05) is 11.3 Å². The molecule has 4 aromatic heterocycles. The van der Waals surface area contributed by atoms with Crippen molar-refractivity contribution in [2.24, 2.45) is 0 Å². The number of pyridine rings is 2. The molecular weight excluding hydrogens is 382 g/mol. The van der Waals surface area contributed by atoms with Crippen LogP contribution in [0.25, 0.3) is 27.1 Å². The minimum absolute atomic E-state index is 0.523. The largest absolute Gasteiger partial charge is 0.348 e. The molecule has 0 aliphatic carbocycles. The molecule has 8 heteroatoms.